The summed E-state index contributed by atoms with van der Waals surface area (Å²) in [4.78, 5) is 32.3. The van der Waals surface area contributed by atoms with Crippen LogP contribution in [0, 0.1) is 6.92 Å². The minimum Gasteiger partial charge on any atom is -0.479 e. The Bertz CT molecular complexity index is 1350. The topological polar surface area (TPSA) is 59.5 Å². The Balaban J connectivity index is 1.43. The zero-order valence-electron chi connectivity index (χ0n) is 19.0. The number of carbonyl (C=O) groups excluding carboxylic acids is 2. The third kappa shape index (κ3) is 4.50. The molecular formula is C28H24N2O3S. The molecular weight excluding hydrogens is 444 g/mol. The average molecular weight is 469 g/mol. The van der Waals surface area contributed by atoms with Gasteiger partial charge in [-0.25, -0.2) is 4.98 Å². The van der Waals surface area contributed by atoms with Gasteiger partial charge < -0.3 is 4.74 Å². The van der Waals surface area contributed by atoms with Crippen LogP contribution in [0.1, 0.15) is 33.4 Å². The quantitative estimate of drug-likeness (QED) is 0.340. The van der Waals surface area contributed by atoms with Gasteiger partial charge >= 0.3 is 0 Å². The summed E-state index contributed by atoms with van der Waals surface area (Å²) >= 11 is 1.61. The maximum atomic E-state index is 13.0. The minimum absolute atomic E-state index is 0.0393. The van der Waals surface area contributed by atoms with Crippen LogP contribution in [0.5, 0.6) is 5.75 Å². The lowest BCUT2D eigenvalue weighted by molar-refractivity contribution is -0.125. The van der Waals surface area contributed by atoms with Gasteiger partial charge in [-0.3, -0.25) is 14.5 Å². The van der Waals surface area contributed by atoms with Crippen LogP contribution in [0.15, 0.2) is 78.2 Å². The Labute approximate surface area is 202 Å². The molecule has 0 fully saturated rings. The highest BCUT2D eigenvalue weighted by molar-refractivity contribution is 7.10. The SMILES string of the molecule is Cc1ccc(C(=O)CN2C(=O)C(C)Oc3ccc(-c4csc(Cc5ccccc5)n4)cc32)cc1. The molecule has 1 aliphatic rings. The second-order valence-electron chi connectivity index (χ2n) is 8.45. The van der Waals surface area contributed by atoms with E-state index in [1.807, 2.05) is 60.8 Å². The van der Waals surface area contributed by atoms with Crippen molar-refractivity contribution in [3.8, 4) is 17.0 Å². The fraction of sp³-hybridized carbons (Fsp3) is 0.179. The molecule has 0 saturated carbocycles. The number of benzene rings is 3. The molecule has 3 aromatic carbocycles. The number of amides is 1. The molecule has 1 atom stereocenters. The van der Waals surface area contributed by atoms with E-state index >= 15 is 0 Å². The van der Waals surface area contributed by atoms with Gasteiger partial charge in [0.15, 0.2) is 11.9 Å². The summed E-state index contributed by atoms with van der Waals surface area (Å²) < 4.78 is 5.83. The molecule has 6 heteroatoms. The summed E-state index contributed by atoms with van der Waals surface area (Å²) in [5.41, 5.74) is 5.20. The number of aromatic nitrogens is 1. The van der Waals surface area contributed by atoms with Gasteiger partial charge in [0, 0.05) is 22.9 Å². The molecule has 34 heavy (non-hydrogen) atoms. The second kappa shape index (κ2) is 9.23. The van der Waals surface area contributed by atoms with E-state index in [0.29, 0.717) is 17.0 Å². The number of fused-ring (bicyclic) bond motifs is 1. The van der Waals surface area contributed by atoms with Gasteiger partial charge in [-0.15, -0.1) is 11.3 Å². The lowest BCUT2D eigenvalue weighted by atomic mass is 10.1. The molecule has 0 N–H and O–H groups in total. The molecule has 1 aromatic heterocycles. The van der Waals surface area contributed by atoms with E-state index in [2.05, 4.69) is 12.1 Å². The molecule has 5 rings (SSSR count). The second-order valence-corrected chi connectivity index (χ2v) is 9.39. The number of anilines is 1. The molecule has 1 aliphatic heterocycles. The smallest absolute Gasteiger partial charge is 0.268 e. The predicted octanol–water partition coefficient (Wildman–Crippen LogP) is 5.71. The standard InChI is InChI=1S/C28H24N2O3S/c1-18-8-10-21(11-9-18)25(31)16-30-24-15-22(12-13-26(24)33-19(2)28(30)32)23-17-34-27(29-23)14-20-6-4-3-5-7-20/h3-13,15,17,19H,14,16H2,1-2H3. The Morgan fingerprint density at radius 2 is 1.82 bits per heavy atom. The molecule has 1 unspecified atom stereocenters. The Hall–Kier alpha value is -3.77. The summed E-state index contributed by atoms with van der Waals surface area (Å²) in [5.74, 6) is 0.248. The first-order valence-corrected chi connectivity index (χ1v) is 12.1. The molecule has 170 valence electrons. The summed E-state index contributed by atoms with van der Waals surface area (Å²) in [6.45, 7) is 3.64. The molecule has 5 nitrogen and oxygen atoms in total. The van der Waals surface area contributed by atoms with Gasteiger partial charge in [0.05, 0.1) is 22.9 Å². The lowest BCUT2D eigenvalue weighted by Crippen LogP contribution is -2.46. The van der Waals surface area contributed by atoms with Crippen molar-refractivity contribution in [1.29, 1.82) is 0 Å². The van der Waals surface area contributed by atoms with Crippen molar-refractivity contribution < 1.29 is 14.3 Å². The molecule has 2 heterocycles. The van der Waals surface area contributed by atoms with Crippen molar-refractivity contribution >= 4 is 28.7 Å². The van der Waals surface area contributed by atoms with Crippen LogP contribution in [0.4, 0.5) is 5.69 Å². The number of carbonyl (C=O) groups is 2. The zero-order valence-corrected chi connectivity index (χ0v) is 19.8. The first-order chi connectivity index (χ1) is 16.5. The number of hydrogen-bond donors (Lipinski definition) is 0. The number of aryl methyl sites for hydroxylation is 1. The van der Waals surface area contributed by atoms with Crippen molar-refractivity contribution in [3.63, 3.8) is 0 Å². The largest absolute Gasteiger partial charge is 0.479 e. The van der Waals surface area contributed by atoms with Gasteiger partial charge in [-0.2, -0.15) is 0 Å². The van der Waals surface area contributed by atoms with E-state index in [9.17, 15) is 9.59 Å². The maximum Gasteiger partial charge on any atom is 0.268 e. The van der Waals surface area contributed by atoms with Crippen LogP contribution < -0.4 is 9.64 Å². The Morgan fingerprint density at radius 1 is 1.06 bits per heavy atom. The van der Waals surface area contributed by atoms with E-state index in [-0.39, 0.29) is 18.2 Å². The number of nitrogens with zero attached hydrogens (tertiary/aromatic N) is 2. The normalized spacial score (nSPS) is 15.1. The van der Waals surface area contributed by atoms with Crippen molar-refractivity contribution in [2.45, 2.75) is 26.4 Å². The number of thiazole rings is 1. The summed E-state index contributed by atoms with van der Waals surface area (Å²) in [6.07, 6.45) is 0.119. The fourth-order valence-corrected chi connectivity index (χ4v) is 4.84. The van der Waals surface area contributed by atoms with Crippen LogP contribution in [0.3, 0.4) is 0 Å². The van der Waals surface area contributed by atoms with Crippen molar-refractivity contribution in [1.82, 2.24) is 4.98 Å². The van der Waals surface area contributed by atoms with Crippen LogP contribution in [0.2, 0.25) is 0 Å². The summed E-state index contributed by atoms with van der Waals surface area (Å²) in [7, 11) is 0. The van der Waals surface area contributed by atoms with E-state index < -0.39 is 6.10 Å². The third-order valence-electron chi connectivity index (χ3n) is 5.89. The van der Waals surface area contributed by atoms with Gasteiger partial charge in [-0.05, 0) is 37.6 Å². The number of rotatable bonds is 6. The molecule has 0 saturated heterocycles. The molecule has 0 aliphatic carbocycles. The van der Waals surface area contributed by atoms with Crippen molar-refractivity contribution in [3.05, 3.63) is 99.9 Å². The highest BCUT2D eigenvalue weighted by Crippen LogP contribution is 2.38. The van der Waals surface area contributed by atoms with Gasteiger partial charge in [0.25, 0.3) is 5.91 Å². The molecule has 0 bridgehead atoms. The van der Waals surface area contributed by atoms with E-state index in [4.69, 9.17) is 9.72 Å². The number of ketones is 1. The van der Waals surface area contributed by atoms with Gasteiger partial charge in [0.2, 0.25) is 0 Å². The number of Topliss-reactive ketones (excluding diaryl/α,β-unsaturated/α-hetero) is 1. The fourth-order valence-electron chi connectivity index (χ4n) is 4.00. The number of ether oxygens (including phenoxy) is 1. The highest BCUT2D eigenvalue weighted by Gasteiger charge is 2.33. The monoisotopic (exact) mass is 468 g/mol. The third-order valence-corrected chi connectivity index (χ3v) is 6.74. The van der Waals surface area contributed by atoms with Crippen molar-refractivity contribution in [2.24, 2.45) is 0 Å². The molecule has 0 spiro atoms. The molecule has 4 aromatic rings. The average Bonchev–Trinajstić information content (AvgIpc) is 3.31. The van der Waals surface area contributed by atoms with Crippen LogP contribution in [0.25, 0.3) is 11.3 Å². The molecule has 0 radical (unpaired) electrons. The first kappa shape index (κ1) is 22.0. The van der Waals surface area contributed by atoms with Crippen molar-refractivity contribution in [2.75, 3.05) is 11.4 Å². The Kier molecular flexibility index (Phi) is 5.99. The molecule has 1 amide bonds. The van der Waals surface area contributed by atoms with Crippen LogP contribution >= 0.6 is 11.3 Å². The first-order valence-electron chi connectivity index (χ1n) is 11.2. The van der Waals surface area contributed by atoms with E-state index in [1.54, 1.807) is 30.4 Å². The van der Waals surface area contributed by atoms with Crippen LogP contribution in [-0.2, 0) is 11.2 Å². The van der Waals surface area contributed by atoms with E-state index in [1.165, 1.54) is 10.5 Å². The van der Waals surface area contributed by atoms with Gasteiger partial charge in [0.1, 0.15) is 5.75 Å². The zero-order chi connectivity index (χ0) is 23.7. The summed E-state index contributed by atoms with van der Waals surface area (Å²) in [6, 6.07) is 23.3. The minimum atomic E-state index is -0.652. The number of hydrogen-bond acceptors (Lipinski definition) is 5. The maximum absolute atomic E-state index is 13.0. The lowest BCUT2D eigenvalue weighted by Gasteiger charge is -2.33. The van der Waals surface area contributed by atoms with Gasteiger partial charge in [-0.1, -0.05) is 60.2 Å². The highest BCUT2D eigenvalue weighted by atomic mass is 32.1. The Morgan fingerprint density at radius 3 is 2.59 bits per heavy atom. The predicted molar refractivity (Wildman–Crippen MR) is 135 cm³/mol. The van der Waals surface area contributed by atoms with E-state index in [0.717, 1.165) is 28.2 Å². The summed E-state index contributed by atoms with van der Waals surface area (Å²) in [5, 5.41) is 3.04. The van der Waals surface area contributed by atoms with Crippen LogP contribution in [-0.4, -0.2) is 29.3 Å².